The van der Waals surface area contributed by atoms with Gasteiger partial charge in [-0.25, -0.2) is 4.68 Å². The maximum Gasteiger partial charge on any atom is 0.210 e. The second kappa shape index (κ2) is 6.33. The van der Waals surface area contributed by atoms with Crippen molar-refractivity contribution in [1.82, 2.24) is 14.9 Å². The van der Waals surface area contributed by atoms with E-state index in [0.717, 1.165) is 16.9 Å². The van der Waals surface area contributed by atoms with Crippen LogP contribution >= 0.6 is 11.8 Å². The molecule has 0 aliphatic heterocycles. The first-order valence-corrected chi connectivity index (χ1v) is 7.64. The third-order valence-electron chi connectivity index (χ3n) is 3.15. The summed E-state index contributed by atoms with van der Waals surface area (Å²) < 4.78 is 1.50. The summed E-state index contributed by atoms with van der Waals surface area (Å²) in [6.45, 7) is 0. The minimum absolute atomic E-state index is 0.642. The van der Waals surface area contributed by atoms with E-state index < -0.39 is 0 Å². The molecule has 2 N–H and O–H groups in total. The predicted molar refractivity (Wildman–Crippen MR) is 86.3 cm³/mol. The summed E-state index contributed by atoms with van der Waals surface area (Å²) in [5.41, 5.74) is 2.69. The molecule has 0 aliphatic rings. The zero-order chi connectivity index (χ0) is 15.4. The lowest BCUT2D eigenvalue weighted by Crippen LogP contribution is -2.11. The third-order valence-corrected chi connectivity index (χ3v) is 4.16. The van der Waals surface area contributed by atoms with E-state index in [1.807, 2.05) is 42.5 Å². The number of rotatable bonds is 4. The molecule has 3 rings (SSSR count). The van der Waals surface area contributed by atoms with Crippen LogP contribution in [-0.2, 0) is 5.75 Å². The fourth-order valence-electron chi connectivity index (χ4n) is 1.98. The van der Waals surface area contributed by atoms with Crippen molar-refractivity contribution in [3.05, 3.63) is 65.7 Å². The van der Waals surface area contributed by atoms with Crippen molar-refractivity contribution in [1.29, 1.82) is 5.26 Å². The van der Waals surface area contributed by atoms with Crippen molar-refractivity contribution in [2.24, 2.45) is 0 Å². The molecule has 2 aromatic carbocycles. The number of hydrogen-bond donors (Lipinski definition) is 1. The maximum atomic E-state index is 8.79. The van der Waals surface area contributed by atoms with Crippen molar-refractivity contribution in [2.75, 3.05) is 5.84 Å². The van der Waals surface area contributed by atoms with E-state index in [2.05, 4.69) is 16.3 Å². The molecule has 0 atom stereocenters. The van der Waals surface area contributed by atoms with E-state index in [1.54, 1.807) is 12.1 Å². The van der Waals surface area contributed by atoms with Crippen LogP contribution in [0.1, 0.15) is 11.1 Å². The van der Waals surface area contributed by atoms with Gasteiger partial charge < -0.3 is 5.84 Å². The van der Waals surface area contributed by atoms with Gasteiger partial charge in [0.2, 0.25) is 5.16 Å². The lowest BCUT2D eigenvalue weighted by Gasteiger charge is -2.04. The summed E-state index contributed by atoms with van der Waals surface area (Å²) in [4.78, 5) is 0. The average molecular weight is 307 g/mol. The van der Waals surface area contributed by atoms with Crippen LogP contribution in [-0.4, -0.2) is 14.9 Å². The van der Waals surface area contributed by atoms with Crippen LogP contribution in [0.15, 0.2) is 59.8 Å². The molecular weight excluding hydrogens is 294 g/mol. The van der Waals surface area contributed by atoms with Gasteiger partial charge in [0.15, 0.2) is 5.82 Å². The first-order chi connectivity index (χ1) is 10.8. The molecule has 0 spiro atoms. The Morgan fingerprint density at radius 1 is 1.05 bits per heavy atom. The van der Waals surface area contributed by atoms with Gasteiger partial charge in [-0.15, -0.1) is 10.2 Å². The molecule has 0 saturated carbocycles. The SMILES string of the molecule is N#Cc1ccc(CSc2nnc(-c3ccccc3)n2N)cc1. The van der Waals surface area contributed by atoms with Gasteiger partial charge in [-0.1, -0.05) is 54.2 Å². The van der Waals surface area contributed by atoms with Crippen molar-refractivity contribution in [3.8, 4) is 17.5 Å². The van der Waals surface area contributed by atoms with Crippen LogP contribution in [0.3, 0.4) is 0 Å². The van der Waals surface area contributed by atoms with Crippen molar-refractivity contribution in [3.63, 3.8) is 0 Å². The minimum Gasteiger partial charge on any atom is -0.335 e. The molecule has 0 bridgehead atoms. The number of benzene rings is 2. The molecule has 5 nitrogen and oxygen atoms in total. The number of nitrogens with two attached hydrogens (primary N) is 1. The van der Waals surface area contributed by atoms with Crippen molar-refractivity contribution >= 4 is 11.8 Å². The Balaban J connectivity index is 1.74. The van der Waals surface area contributed by atoms with Crippen molar-refractivity contribution < 1.29 is 0 Å². The summed E-state index contributed by atoms with van der Waals surface area (Å²) in [5, 5.41) is 17.7. The van der Waals surface area contributed by atoms with Crippen LogP contribution in [0.2, 0.25) is 0 Å². The topological polar surface area (TPSA) is 80.5 Å². The van der Waals surface area contributed by atoms with Gasteiger partial charge in [0.25, 0.3) is 0 Å². The molecule has 0 aliphatic carbocycles. The highest BCUT2D eigenvalue weighted by molar-refractivity contribution is 7.98. The van der Waals surface area contributed by atoms with Gasteiger partial charge in [0.05, 0.1) is 11.6 Å². The Bertz CT molecular complexity index is 803. The number of nitriles is 1. The lowest BCUT2D eigenvalue weighted by molar-refractivity contribution is 0.849. The number of aromatic nitrogens is 3. The fourth-order valence-corrected chi connectivity index (χ4v) is 2.80. The third kappa shape index (κ3) is 2.95. The monoisotopic (exact) mass is 307 g/mol. The van der Waals surface area contributed by atoms with Crippen LogP contribution in [0, 0.1) is 11.3 Å². The minimum atomic E-state index is 0.642. The second-order valence-corrected chi connectivity index (χ2v) is 5.58. The first kappa shape index (κ1) is 14.2. The summed E-state index contributed by atoms with van der Waals surface area (Å²) in [6.07, 6.45) is 0. The Morgan fingerprint density at radius 3 is 2.45 bits per heavy atom. The fraction of sp³-hybridized carbons (Fsp3) is 0.0625. The van der Waals surface area contributed by atoms with Crippen LogP contribution < -0.4 is 5.84 Å². The summed E-state index contributed by atoms with van der Waals surface area (Å²) in [5.74, 6) is 7.43. The molecule has 108 valence electrons. The predicted octanol–water partition coefficient (Wildman–Crippen LogP) is 2.82. The Labute approximate surface area is 132 Å². The van der Waals surface area contributed by atoms with Gasteiger partial charge in [0, 0.05) is 11.3 Å². The molecule has 1 heterocycles. The van der Waals surface area contributed by atoms with Gasteiger partial charge >= 0.3 is 0 Å². The highest BCUT2D eigenvalue weighted by Gasteiger charge is 2.11. The normalized spacial score (nSPS) is 10.3. The van der Waals surface area contributed by atoms with Crippen LogP contribution in [0.5, 0.6) is 0 Å². The van der Waals surface area contributed by atoms with Crippen LogP contribution in [0.25, 0.3) is 11.4 Å². The lowest BCUT2D eigenvalue weighted by atomic mass is 10.2. The standard InChI is InChI=1S/C16H13N5S/c17-10-12-6-8-13(9-7-12)11-22-16-20-19-15(21(16)18)14-4-2-1-3-5-14/h1-9H,11,18H2. The maximum absolute atomic E-state index is 8.79. The average Bonchev–Trinajstić information content (AvgIpc) is 2.95. The van der Waals surface area contributed by atoms with Gasteiger partial charge in [-0.2, -0.15) is 5.26 Å². The van der Waals surface area contributed by atoms with Crippen LogP contribution in [0.4, 0.5) is 0 Å². The Kier molecular flexibility index (Phi) is 4.08. The number of hydrogen-bond acceptors (Lipinski definition) is 5. The van der Waals surface area contributed by atoms with E-state index in [1.165, 1.54) is 16.4 Å². The first-order valence-electron chi connectivity index (χ1n) is 6.65. The molecule has 1 aromatic heterocycles. The number of nitrogens with zero attached hydrogens (tertiary/aromatic N) is 4. The quantitative estimate of drug-likeness (QED) is 0.592. The van der Waals surface area contributed by atoms with E-state index in [0.29, 0.717) is 16.5 Å². The molecule has 0 unspecified atom stereocenters. The van der Waals surface area contributed by atoms with E-state index in [9.17, 15) is 0 Å². The molecule has 22 heavy (non-hydrogen) atoms. The summed E-state index contributed by atoms with van der Waals surface area (Å²) in [7, 11) is 0. The molecular formula is C16H13N5S. The summed E-state index contributed by atoms with van der Waals surface area (Å²) in [6, 6.07) is 19.3. The molecule has 3 aromatic rings. The van der Waals surface area contributed by atoms with Crippen molar-refractivity contribution in [2.45, 2.75) is 10.9 Å². The van der Waals surface area contributed by atoms with Gasteiger partial charge in [0.1, 0.15) is 0 Å². The smallest absolute Gasteiger partial charge is 0.210 e. The van der Waals surface area contributed by atoms with Gasteiger partial charge in [-0.3, -0.25) is 0 Å². The molecule has 6 heteroatoms. The molecule has 0 radical (unpaired) electrons. The van der Waals surface area contributed by atoms with E-state index >= 15 is 0 Å². The zero-order valence-electron chi connectivity index (χ0n) is 11.7. The molecule has 0 saturated heterocycles. The second-order valence-electron chi connectivity index (χ2n) is 4.64. The highest BCUT2D eigenvalue weighted by atomic mass is 32.2. The Morgan fingerprint density at radius 2 is 1.77 bits per heavy atom. The number of thioether (sulfide) groups is 1. The molecule has 0 amide bonds. The highest BCUT2D eigenvalue weighted by Crippen LogP contribution is 2.24. The Hall–Kier alpha value is -2.78. The largest absolute Gasteiger partial charge is 0.335 e. The number of nitrogen functional groups attached to an aromatic ring is 1. The van der Waals surface area contributed by atoms with E-state index in [-0.39, 0.29) is 0 Å². The van der Waals surface area contributed by atoms with E-state index in [4.69, 9.17) is 11.1 Å². The molecule has 0 fully saturated rings. The zero-order valence-corrected chi connectivity index (χ0v) is 12.5. The summed E-state index contributed by atoms with van der Waals surface area (Å²) >= 11 is 1.51. The van der Waals surface area contributed by atoms with Gasteiger partial charge in [-0.05, 0) is 17.7 Å².